The van der Waals surface area contributed by atoms with Gasteiger partial charge in [-0.1, -0.05) is 6.07 Å². The van der Waals surface area contributed by atoms with E-state index in [0.29, 0.717) is 24.1 Å². The van der Waals surface area contributed by atoms with E-state index in [9.17, 15) is 13.2 Å². The lowest BCUT2D eigenvalue weighted by atomic mass is 10.2. The molecule has 104 valence electrons. The Labute approximate surface area is 112 Å². The number of hydrogen-bond acceptors (Lipinski definition) is 4. The van der Waals surface area contributed by atoms with Crippen molar-refractivity contribution in [2.24, 2.45) is 0 Å². The molecular weight excluding hydrogens is 266 g/mol. The predicted molar refractivity (Wildman–Crippen MR) is 71.9 cm³/mol. The van der Waals surface area contributed by atoms with Gasteiger partial charge in [-0.2, -0.15) is 0 Å². The van der Waals surface area contributed by atoms with Crippen LogP contribution < -0.4 is 15.8 Å². The Kier molecular flexibility index (Phi) is 3.77. The second kappa shape index (κ2) is 5.18. The van der Waals surface area contributed by atoms with Crippen LogP contribution in [0.1, 0.15) is 18.4 Å². The van der Waals surface area contributed by atoms with Crippen molar-refractivity contribution in [3.63, 3.8) is 0 Å². The normalized spacial score (nSPS) is 19.4. The molecule has 0 saturated carbocycles. The molecule has 1 aliphatic rings. The van der Waals surface area contributed by atoms with E-state index in [1.165, 1.54) is 6.07 Å². The van der Waals surface area contributed by atoms with Crippen LogP contribution in [0.2, 0.25) is 0 Å². The van der Waals surface area contributed by atoms with Crippen LogP contribution in [0.3, 0.4) is 0 Å². The quantitative estimate of drug-likeness (QED) is 0.684. The number of nitrogen functional groups attached to an aromatic ring is 1. The van der Waals surface area contributed by atoms with Gasteiger partial charge in [-0.25, -0.2) is 13.1 Å². The van der Waals surface area contributed by atoms with Crippen LogP contribution in [0.25, 0.3) is 0 Å². The first-order chi connectivity index (χ1) is 8.90. The number of nitrogens with one attached hydrogen (secondary N) is 2. The molecule has 0 bridgehead atoms. The highest BCUT2D eigenvalue weighted by atomic mass is 32.2. The molecule has 1 amide bonds. The highest BCUT2D eigenvalue weighted by Crippen LogP contribution is 2.20. The van der Waals surface area contributed by atoms with Gasteiger partial charge in [0.2, 0.25) is 15.9 Å². The maximum atomic E-state index is 12.2. The van der Waals surface area contributed by atoms with Crippen molar-refractivity contribution >= 4 is 21.6 Å². The van der Waals surface area contributed by atoms with E-state index in [-0.39, 0.29) is 23.4 Å². The van der Waals surface area contributed by atoms with E-state index in [2.05, 4.69) is 10.0 Å². The Morgan fingerprint density at radius 1 is 1.47 bits per heavy atom. The third-order valence-electron chi connectivity index (χ3n) is 3.22. The van der Waals surface area contributed by atoms with E-state index in [0.717, 1.165) is 0 Å². The molecule has 6 nitrogen and oxygen atoms in total. The van der Waals surface area contributed by atoms with Gasteiger partial charge < -0.3 is 11.1 Å². The average Bonchev–Trinajstić information content (AvgIpc) is 2.76. The van der Waals surface area contributed by atoms with Crippen LogP contribution in [0.5, 0.6) is 0 Å². The van der Waals surface area contributed by atoms with Gasteiger partial charge in [0, 0.05) is 24.7 Å². The van der Waals surface area contributed by atoms with Crippen LogP contribution in [0.4, 0.5) is 5.69 Å². The largest absolute Gasteiger partial charge is 0.398 e. The van der Waals surface area contributed by atoms with Gasteiger partial charge in [-0.05, 0) is 31.0 Å². The molecule has 0 spiro atoms. The lowest BCUT2D eigenvalue weighted by Gasteiger charge is -2.13. The molecular formula is C12H17N3O3S. The molecule has 1 unspecified atom stereocenters. The highest BCUT2D eigenvalue weighted by Gasteiger charge is 2.24. The molecule has 19 heavy (non-hydrogen) atoms. The summed E-state index contributed by atoms with van der Waals surface area (Å²) in [4.78, 5) is 11.2. The molecule has 0 radical (unpaired) electrons. The van der Waals surface area contributed by atoms with E-state index in [1.807, 2.05) is 0 Å². The van der Waals surface area contributed by atoms with E-state index >= 15 is 0 Å². The van der Waals surface area contributed by atoms with Crippen molar-refractivity contribution in [1.29, 1.82) is 0 Å². The molecule has 4 N–H and O–H groups in total. The lowest BCUT2D eigenvalue weighted by molar-refractivity contribution is -0.119. The van der Waals surface area contributed by atoms with Crippen LogP contribution in [0, 0.1) is 6.92 Å². The van der Waals surface area contributed by atoms with Crippen molar-refractivity contribution in [3.05, 3.63) is 23.8 Å². The van der Waals surface area contributed by atoms with Crippen molar-refractivity contribution < 1.29 is 13.2 Å². The van der Waals surface area contributed by atoms with E-state index in [4.69, 9.17) is 5.73 Å². The Bertz CT molecular complexity index is 598. The van der Waals surface area contributed by atoms with E-state index in [1.54, 1.807) is 19.1 Å². The number of carbonyl (C=O) groups is 1. The summed E-state index contributed by atoms with van der Waals surface area (Å²) in [6.07, 6.45) is 1.10. The molecule has 1 aliphatic heterocycles. The summed E-state index contributed by atoms with van der Waals surface area (Å²) in [6.45, 7) is 1.86. The van der Waals surface area contributed by atoms with Crippen LogP contribution >= 0.6 is 0 Å². The van der Waals surface area contributed by atoms with Crippen LogP contribution in [-0.2, 0) is 14.8 Å². The third kappa shape index (κ3) is 3.05. The molecule has 2 rings (SSSR count). The summed E-state index contributed by atoms with van der Waals surface area (Å²) >= 11 is 0. The minimum Gasteiger partial charge on any atom is -0.398 e. The topological polar surface area (TPSA) is 101 Å². The fourth-order valence-corrected chi connectivity index (χ4v) is 3.40. The first-order valence-electron chi connectivity index (χ1n) is 6.04. The summed E-state index contributed by atoms with van der Waals surface area (Å²) in [7, 11) is -3.60. The second-order valence-electron chi connectivity index (χ2n) is 4.63. The number of amides is 1. The summed E-state index contributed by atoms with van der Waals surface area (Å²) < 4.78 is 26.8. The number of sulfonamides is 1. The van der Waals surface area contributed by atoms with Gasteiger partial charge in [-0.15, -0.1) is 0 Å². The molecule has 1 fully saturated rings. The number of benzene rings is 1. The zero-order valence-corrected chi connectivity index (χ0v) is 11.5. The Balaban J connectivity index is 2.10. The lowest BCUT2D eigenvalue weighted by Crippen LogP contribution is -2.38. The fourth-order valence-electron chi connectivity index (χ4n) is 2.04. The molecule has 1 heterocycles. The van der Waals surface area contributed by atoms with Crippen LogP contribution in [-0.4, -0.2) is 26.9 Å². The summed E-state index contributed by atoms with van der Waals surface area (Å²) in [5.41, 5.74) is 6.68. The van der Waals surface area contributed by atoms with Crippen LogP contribution in [0.15, 0.2) is 23.1 Å². The van der Waals surface area contributed by atoms with Gasteiger partial charge in [0.25, 0.3) is 0 Å². The Morgan fingerprint density at radius 2 is 2.21 bits per heavy atom. The van der Waals surface area contributed by atoms with Gasteiger partial charge >= 0.3 is 0 Å². The Morgan fingerprint density at radius 3 is 2.84 bits per heavy atom. The van der Waals surface area contributed by atoms with E-state index < -0.39 is 10.0 Å². The number of anilines is 1. The molecule has 1 saturated heterocycles. The maximum absolute atomic E-state index is 12.2. The number of carbonyl (C=O) groups excluding carboxylic acids is 1. The molecule has 1 aromatic rings. The minimum absolute atomic E-state index is 0.0377. The predicted octanol–water partition coefficient (Wildman–Crippen LogP) is 0.134. The first kappa shape index (κ1) is 13.8. The third-order valence-corrected chi connectivity index (χ3v) is 4.79. The maximum Gasteiger partial charge on any atom is 0.240 e. The molecule has 0 aliphatic carbocycles. The molecule has 0 aromatic heterocycles. The zero-order chi connectivity index (χ0) is 14.0. The first-order valence-corrected chi connectivity index (χ1v) is 7.52. The summed E-state index contributed by atoms with van der Waals surface area (Å²) in [5, 5.41) is 2.71. The summed E-state index contributed by atoms with van der Waals surface area (Å²) in [6, 6.07) is 4.64. The SMILES string of the molecule is Cc1c(N)cccc1S(=O)(=O)NCC1CCC(=O)N1. The van der Waals surface area contributed by atoms with Crippen molar-refractivity contribution in [2.75, 3.05) is 12.3 Å². The average molecular weight is 283 g/mol. The van der Waals surface area contributed by atoms with Gasteiger partial charge in [-0.3, -0.25) is 4.79 Å². The highest BCUT2D eigenvalue weighted by molar-refractivity contribution is 7.89. The number of rotatable bonds is 4. The fraction of sp³-hybridized carbons (Fsp3) is 0.417. The van der Waals surface area contributed by atoms with Crippen molar-refractivity contribution in [3.8, 4) is 0 Å². The standard InChI is InChI=1S/C12H17N3O3S/c1-8-10(13)3-2-4-11(8)19(17,18)14-7-9-5-6-12(16)15-9/h2-4,9,14H,5-7,13H2,1H3,(H,15,16). The zero-order valence-electron chi connectivity index (χ0n) is 10.6. The minimum atomic E-state index is -3.60. The summed E-state index contributed by atoms with van der Waals surface area (Å²) in [5.74, 6) is -0.0377. The monoisotopic (exact) mass is 283 g/mol. The smallest absolute Gasteiger partial charge is 0.240 e. The van der Waals surface area contributed by atoms with Gasteiger partial charge in [0.15, 0.2) is 0 Å². The van der Waals surface area contributed by atoms with Gasteiger partial charge in [0.1, 0.15) is 0 Å². The molecule has 1 atom stereocenters. The number of hydrogen-bond donors (Lipinski definition) is 3. The molecule has 7 heteroatoms. The van der Waals surface area contributed by atoms with Crippen molar-refractivity contribution in [1.82, 2.24) is 10.0 Å². The number of nitrogens with two attached hydrogens (primary N) is 1. The Hall–Kier alpha value is -1.60. The molecule has 1 aromatic carbocycles. The van der Waals surface area contributed by atoms with Gasteiger partial charge in [0.05, 0.1) is 4.90 Å². The second-order valence-corrected chi connectivity index (χ2v) is 6.36. The van der Waals surface area contributed by atoms with Crippen molar-refractivity contribution in [2.45, 2.75) is 30.7 Å².